The maximum Gasteiger partial charge on any atom is 0.326 e. The van der Waals surface area contributed by atoms with Gasteiger partial charge in [0, 0.05) is 29.5 Å². The van der Waals surface area contributed by atoms with Crippen molar-refractivity contribution in [2.75, 3.05) is 5.32 Å². The average molecular weight is 552 g/mol. The van der Waals surface area contributed by atoms with E-state index in [1.54, 1.807) is 54.6 Å². The average Bonchev–Trinajstić information content (AvgIpc) is 2.92. The van der Waals surface area contributed by atoms with Crippen molar-refractivity contribution in [1.82, 2.24) is 10.6 Å². The lowest BCUT2D eigenvalue weighted by atomic mass is 9.78. The van der Waals surface area contributed by atoms with Crippen LogP contribution in [0, 0.1) is 17.2 Å². The molecule has 3 amide bonds. The number of benzene rings is 2. The first-order valence-electron chi connectivity index (χ1n) is 12.9. The fourth-order valence-electron chi connectivity index (χ4n) is 4.71. The van der Waals surface area contributed by atoms with Crippen LogP contribution < -0.4 is 21.7 Å². The molecule has 2 aromatic carbocycles. The van der Waals surface area contributed by atoms with Crippen LogP contribution in [0.3, 0.4) is 0 Å². The van der Waals surface area contributed by atoms with Crippen molar-refractivity contribution in [3.63, 3.8) is 0 Å². The van der Waals surface area contributed by atoms with E-state index in [4.69, 9.17) is 11.1 Å². The predicted octanol–water partition coefficient (Wildman–Crippen LogP) is 1.49. The van der Waals surface area contributed by atoms with Crippen LogP contribution >= 0.6 is 0 Å². The highest BCUT2D eigenvalue weighted by molar-refractivity contribution is 5.99. The third kappa shape index (κ3) is 8.38. The molecule has 4 atom stereocenters. The van der Waals surface area contributed by atoms with Crippen molar-refractivity contribution in [2.45, 2.75) is 50.6 Å². The lowest BCUT2D eigenvalue weighted by Crippen LogP contribution is -2.54. The molecule has 0 spiro atoms. The number of nitrogens with two attached hydrogens (primary N) is 1. The maximum absolute atomic E-state index is 13.3. The molecule has 2 aromatic rings. The van der Waals surface area contributed by atoms with Crippen LogP contribution in [0.1, 0.15) is 43.2 Å². The second kappa shape index (κ2) is 13.9. The summed E-state index contributed by atoms with van der Waals surface area (Å²) in [5.41, 5.74) is 7.06. The van der Waals surface area contributed by atoms with Crippen LogP contribution in [-0.2, 0) is 30.4 Å². The largest absolute Gasteiger partial charge is 0.481 e. The number of hydrogen-bond acceptors (Lipinski definition) is 6. The molecule has 40 heavy (non-hydrogen) atoms. The van der Waals surface area contributed by atoms with Crippen LogP contribution in [0.4, 0.5) is 5.69 Å². The molecule has 212 valence electrons. The molecule has 12 heteroatoms. The van der Waals surface area contributed by atoms with E-state index in [1.165, 1.54) is 0 Å². The van der Waals surface area contributed by atoms with Crippen molar-refractivity contribution in [3.8, 4) is 0 Å². The monoisotopic (exact) mass is 551 g/mol. The lowest BCUT2D eigenvalue weighted by Gasteiger charge is -2.31. The van der Waals surface area contributed by atoms with Gasteiger partial charge in [0.15, 0.2) is 0 Å². The summed E-state index contributed by atoms with van der Waals surface area (Å²) in [6.07, 6.45) is 1.37. The molecule has 12 nitrogen and oxygen atoms in total. The van der Waals surface area contributed by atoms with Crippen LogP contribution in [0.25, 0.3) is 0 Å². The van der Waals surface area contributed by atoms with E-state index in [9.17, 15) is 34.2 Å². The summed E-state index contributed by atoms with van der Waals surface area (Å²) in [4.78, 5) is 62.6. The molecular formula is C28H33N5O7. The fraction of sp³-hybridized carbons (Fsp3) is 0.357. The summed E-state index contributed by atoms with van der Waals surface area (Å²) in [5.74, 6) is -6.31. The van der Waals surface area contributed by atoms with Gasteiger partial charge in [-0.2, -0.15) is 0 Å². The summed E-state index contributed by atoms with van der Waals surface area (Å²) in [6, 6.07) is 12.1. The number of aliphatic carboxylic acids is 2. The number of nitrogens with one attached hydrogen (secondary N) is 4. The molecule has 1 aliphatic carbocycles. The molecule has 0 saturated heterocycles. The summed E-state index contributed by atoms with van der Waals surface area (Å²) in [6.45, 7) is 0. The first kappa shape index (κ1) is 29.8. The van der Waals surface area contributed by atoms with Crippen LogP contribution in [0.5, 0.6) is 0 Å². The van der Waals surface area contributed by atoms with Crippen LogP contribution in [-0.4, -0.2) is 57.8 Å². The topological polar surface area (TPSA) is 212 Å². The minimum absolute atomic E-state index is 0.0338. The Kier molecular flexibility index (Phi) is 10.3. The number of carbonyl (C=O) groups is 5. The fourth-order valence-corrected chi connectivity index (χ4v) is 4.71. The minimum atomic E-state index is -1.53. The zero-order valence-corrected chi connectivity index (χ0v) is 21.8. The maximum atomic E-state index is 13.3. The minimum Gasteiger partial charge on any atom is -0.481 e. The molecule has 1 aliphatic rings. The van der Waals surface area contributed by atoms with Gasteiger partial charge in [0.1, 0.15) is 17.9 Å². The normalized spacial score (nSPS) is 18.0. The molecule has 0 heterocycles. The molecule has 8 N–H and O–H groups in total. The summed E-state index contributed by atoms with van der Waals surface area (Å²) in [5, 5.41) is 34.0. The van der Waals surface area contributed by atoms with E-state index in [2.05, 4.69) is 16.0 Å². The first-order valence-corrected chi connectivity index (χ1v) is 12.9. The van der Waals surface area contributed by atoms with Gasteiger partial charge in [0.2, 0.25) is 17.7 Å². The quantitative estimate of drug-likeness (QED) is 0.151. The highest BCUT2D eigenvalue weighted by Gasteiger charge is 2.38. The Balaban J connectivity index is 1.70. The van der Waals surface area contributed by atoms with Gasteiger partial charge in [-0.25, -0.2) is 4.79 Å². The Morgan fingerprint density at radius 2 is 1.45 bits per heavy atom. The number of amidine groups is 1. The lowest BCUT2D eigenvalue weighted by molar-refractivity contribution is -0.144. The number of hydrogen-bond donors (Lipinski definition) is 7. The Hall–Kier alpha value is -4.74. The molecule has 0 radical (unpaired) electrons. The van der Waals surface area contributed by atoms with Gasteiger partial charge in [0.05, 0.1) is 6.42 Å². The van der Waals surface area contributed by atoms with Crippen LogP contribution in [0.15, 0.2) is 54.6 Å². The second-order valence-corrected chi connectivity index (χ2v) is 9.73. The third-order valence-electron chi connectivity index (χ3n) is 6.81. The highest BCUT2D eigenvalue weighted by atomic mass is 16.4. The number of carboxylic acid groups (broad SMARTS) is 2. The zero-order valence-electron chi connectivity index (χ0n) is 21.8. The number of rotatable bonds is 12. The van der Waals surface area contributed by atoms with Gasteiger partial charge in [0.25, 0.3) is 0 Å². The van der Waals surface area contributed by atoms with Crippen molar-refractivity contribution in [1.29, 1.82) is 5.41 Å². The molecule has 0 aliphatic heterocycles. The van der Waals surface area contributed by atoms with Gasteiger partial charge >= 0.3 is 11.9 Å². The standard InChI is InChI=1S/C28H33N5O7/c29-24(30)17-10-12-18(13-11-17)31-25(36)19-8-4-5-9-20(19)26(37)32-21(15-23(34)35)27(38)33-22(28(39)40)14-16-6-2-1-3-7-16/h1-3,6-7,10-13,19-22H,4-5,8-9,14-15H2,(H3,29,30)(H,31,36)(H,32,37)(H,33,38)(H,34,35)(H,39,40)/t19?,20?,21-,22-/m0/s1. The number of carbonyl (C=O) groups excluding carboxylic acids is 3. The molecule has 0 bridgehead atoms. The number of anilines is 1. The van der Waals surface area contributed by atoms with Crippen LogP contribution in [0.2, 0.25) is 0 Å². The Labute approximate surface area is 230 Å². The summed E-state index contributed by atoms with van der Waals surface area (Å²) < 4.78 is 0. The SMILES string of the molecule is N=C(N)c1ccc(NC(=O)C2CCCCC2C(=O)N[C@@H](CC(=O)O)C(=O)N[C@@H](Cc2ccccc2)C(=O)O)cc1. The Morgan fingerprint density at radius 1 is 0.850 bits per heavy atom. The summed E-state index contributed by atoms with van der Waals surface area (Å²) in [7, 11) is 0. The summed E-state index contributed by atoms with van der Waals surface area (Å²) >= 11 is 0. The van der Waals surface area contributed by atoms with E-state index < -0.39 is 60.0 Å². The Morgan fingerprint density at radius 3 is 2.00 bits per heavy atom. The van der Waals surface area contributed by atoms with E-state index in [1.807, 2.05) is 0 Å². The number of carboxylic acids is 2. The molecule has 1 fully saturated rings. The van der Waals surface area contributed by atoms with Crippen molar-refractivity contribution in [3.05, 3.63) is 65.7 Å². The third-order valence-corrected chi connectivity index (χ3v) is 6.81. The van der Waals surface area contributed by atoms with Crippen molar-refractivity contribution < 1.29 is 34.2 Å². The molecular weight excluding hydrogens is 518 g/mol. The molecule has 3 rings (SSSR count). The highest BCUT2D eigenvalue weighted by Crippen LogP contribution is 2.31. The van der Waals surface area contributed by atoms with Gasteiger partial charge in [-0.1, -0.05) is 43.2 Å². The molecule has 2 unspecified atom stereocenters. The van der Waals surface area contributed by atoms with E-state index >= 15 is 0 Å². The van der Waals surface area contributed by atoms with Gasteiger partial charge < -0.3 is 31.9 Å². The molecule has 0 aromatic heterocycles. The zero-order chi connectivity index (χ0) is 29.2. The first-order chi connectivity index (χ1) is 19.0. The number of amides is 3. The van der Waals surface area contributed by atoms with Gasteiger partial charge in [-0.15, -0.1) is 0 Å². The predicted molar refractivity (Wildman–Crippen MR) is 145 cm³/mol. The van der Waals surface area contributed by atoms with Crippen molar-refractivity contribution in [2.24, 2.45) is 17.6 Å². The van der Waals surface area contributed by atoms with E-state index in [0.29, 0.717) is 42.5 Å². The second-order valence-electron chi connectivity index (χ2n) is 9.73. The van der Waals surface area contributed by atoms with E-state index in [-0.39, 0.29) is 12.3 Å². The van der Waals surface area contributed by atoms with E-state index in [0.717, 1.165) is 0 Å². The number of nitrogen functional groups attached to an aromatic ring is 1. The van der Waals surface area contributed by atoms with Gasteiger partial charge in [-0.3, -0.25) is 24.6 Å². The molecule has 1 saturated carbocycles. The van der Waals surface area contributed by atoms with Gasteiger partial charge in [-0.05, 0) is 42.7 Å². The Bertz CT molecular complexity index is 1250. The van der Waals surface area contributed by atoms with Crippen molar-refractivity contribution >= 4 is 41.2 Å². The smallest absolute Gasteiger partial charge is 0.326 e.